The zero-order valence-electron chi connectivity index (χ0n) is 10.1. The predicted molar refractivity (Wildman–Crippen MR) is 69.7 cm³/mol. The Kier molecular flexibility index (Phi) is 3.23. The molecule has 1 heterocycles. The van der Waals surface area contributed by atoms with Gasteiger partial charge in [-0.15, -0.1) is 5.10 Å². The molecule has 0 amide bonds. The Morgan fingerprint density at radius 2 is 1.94 bits per heavy atom. The molecule has 0 aliphatic heterocycles. The van der Waals surface area contributed by atoms with Crippen LogP contribution in [-0.2, 0) is 6.54 Å². The van der Waals surface area contributed by atoms with Gasteiger partial charge in [0.25, 0.3) is 0 Å². The second kappa shape index (κ2) is 4.82. The minimum absolute atomic E-state index is 0.703. The van der Waals surface area contributed by atoms with Crippen LogP contribution in [0.3, 0.4) is 0 Å². The van der Waals surface area contributed by atoms with Gasteiger partial charge in [-0.2, -0.15) is 5.10 Å². The molecule has 0 atom stereocenters. The highest BCUT2D eigenvalue weighted by molar-refractivity contribution is 5.51. The Morgan fingerprint density at radius 3 is 2.65 bits per heavy atom. The third kappa shape index (κ3) is 2.72. The average molecular weight is 228 g/mol. The molecule has 0 bridgehead atoms. The number of nitrogens with one attached hydrogen (secondary N) is 1. The first-order valence-electron chi connectivity index (χ1n) is 5.55. The van der Waals surface area contributed by atoms with E-state index in [0.29, 0.717) is 6.54 Å². The lowest BCUT2D eigenvalue weighted by molar-refractivity contribution is 0.961. The fraction of sp³-hybridized carbons (Fsp3) is 0.231. The normalized spacial score (nSPS) is 10.2. The van der Waals surface area contributed by atoms with E-state index in [0.717, 1.165) is 22.8 Å². The molecule has 0 fully saturated rings. The van der Waals surface area contributed by atoms with Gasteiger partial charge in [0.15, 0.2) is 0 Å². The van der Waals surface area contributed by atoms with Crippen molar-refractivity contribution in [2.45, 2.75) is 20.4 Å². The van der Waals surface area contributed by atoms with Crippen LogP contribution >= 0.6 is 0 Å². The number of aryl methyl sites for hydroxylation is 1. The van der Waals surface area contributed by atoms with E-state index in [2.05, 4.69) is 21.6 Å². The molecule has 0 saturated heterocycles. The van der Waals surface area contributed by atoms with Gasteiger partial charge >= 0.3 is 0 Å². The Bertz CT molecular complexity index is 505. The number of hydrogen-bond acceptors (Lipinski definition) is 4. The lowest BCUT2D eigenvalue weighted by Gasteiger charge is -2.09. The molecule has 0 radical (unpaired) electrons. The summed E-state index contributed by atoms with van der Waals surface area (Å²) < 4.78 is 0. The van der Waals surface area contributed by atoms with Gasteiger partial charge in [0.05, 0.1) is 5.69 Å². The van der Waals surface area contributed by atoms with Crippen LogP contribution in [0.2, 0.25) is 0 Å². The van der Waals surface area contributed by atoms with Crippen LogP contribution in [0.25, 0.3) is 0 Å². The third-order valence-corrected chi connectivity index (χ3v) is 2.75. The van der Waals surface area contributed by atoms with Crippen LogP contribution in [0.15, 0.2) is 30.3 Å². The van der Waals surface area contributed by atoms with E-state index in [9.17, 15) is 0 Å². The number of anilines is 2. The Labute approximate surface area is 101 Å². The predicted octanol–water partition coefficient (Wildman–Crippen LogP) is 2.29. The molecule has 1 aromatic heterocycles. The van der Waals surface area contributed by atoms with Gasteiger partial charge in [-0.05, 0) is 43.2 Å². The smallest absolute Gasteiger partial charge is 0.148 e. The number of rotatable bonds is 3. The summed E-state index contributed by atoms with van der Waals surface area (Å²) in [7, 11) is 0. The molecule has 0 aliphatic carbocycles. The van der Waals surface area contributed by atoms with E-state index in [1.165, 1.54) is 5.56 Å². The molecule has 0 aliphatic rings. The monoisotopic (exact) mass is 228 g/mol. The third-order valence-electron chi connectivity index (χ3n) is 2.75. The number of nitrogens with two attached hydrogens (primary N) is 1. The van der Waals surface area contributed by atoms with Crippen molar-refractivity contribution >= 4 is 11.5 Å². The second-order valence-corrected chi connectivity index (χ2v) is 4.04. The van der Waals surface area contributed by atoms with Crippen LogP contribution in [0.5, 0.6) is 0 Å². The number of benzene rings is 1. The Balaban J connectivity index is 2.07. The van der Waals surface area contributed by atoms with Crippen molar-refractivity contribution in [3.05, 3.63) is 47.2 Å². The van der Waals surface area contributed by atoms with Crippen molar-refractivity contribution in [1.82, 2.24) is 10.2 Å². The summed E-state index contributed by atoms with van der Waals surface area (Å²) in [6, 6.07) is 9.77. The first kappa shape index (κ1) is 11.4. The topological polar surface area (TPSA) is 63.8 Å². The van der Waals surface area contributed by atoms with E-state index in [4.69, 9.17) is 5.73 Å². The van der Waals surface area contributed by atoms with Crippen molar-refractivity contribution in [3.8, 4) is 0 Å². The van der Waals surface area contributed by atoms with Crippen molar-refractivity contribution in [3.63, 3.8) is 0 Å². The lowest BCUT2D eigenvalue weighted by atomic mass is 10.1. The second-order valence-electron chi connectivity index (χ2n) is 4.04. The van der Waals surface area contributed by atoms with Gasteiger partial charge < -0.3 is 11.1 Å². The Morgan fingerprint density at radius 1 is 1.12 bits per heavy atom. The van der Waals surface area contributed by atoms with Crippen LogP contribution in [-0.4, -0.2) is 10.2 Å². The molecule has 3 N–H and O–H groups in total. The van der Waals surface area contributed by atoms with E-state index in [1.807, 2.05) is 38.1 Å². The van der Waals surface area contributed by atoms with E-state index < -0.39 is 0 Å². The van der Waals surface area contributed by atoms with Gasteiger partial charge in [0.2, 0.25) is 0 Å². The molecule has 4 heteroatoms. The maximum absolute atomic E-state index is 5.85. The van der Waals surface area contributed by atoms with Gasteiger partial charge in [-0.3, -0.25) is 0 Å². The summed E-state index contributed by atoms with van der Waals surface area (Å²) >= 11 is 0. The maximum Gasteiger partial charge on any atom is 0.148 e. The minimum atomic E-state index is 0.703. The lowest BCUT2D eigenvalue weighted by Crippen LogP contribution is -2.05. The highest BCUT2D eigenvalue weighted by Crippen LogP contribution is 2.16. The number of nitrogen functional groups attached to an aromatic ring is 1. The van der Waals surface area contributed by atoms with E-state index >= 15 is 0 Å². The number of aromatic nitrogens is 2. The SMILES string of the molecule is Cc1ccc(NCc2cccc(N)c2C)nn1. The standard InChI is InChI=1S/C13H16N4/c1-9-6-7-13(17-16-9)15-8-11-4-3-5-12(14)10(11)2/h3-7H,8,14H2,1-2H3,(H,15,17). The molecular weight excluding hydrogens is 212 g/mol. The molecule has 4 nitrogen and oxygen atoms in total. The molecule has 0 saturated carbocycles. The first-order chi connectivity index (χ1) is 8.16. The van der Waals surface area contributed by atoms with Crippen LogP contribution in [0.1, 0.15) is 16.8 Å². The van der Waals surface area contributed by atoms with Crippen molar-refractivity contribution < 1.29 is 0 Å². The van der Waals surface area contributed by atoms with Crippen molar-refractivity contribution in [1.29, 1.82) is 0 Å². The molecular formula is C13H16N4. The summed E-state index contributed by atoms with van der Waals surface area (Å²) in [4.78, 5) is 0. The highest BCUT2D eigenvalue weighted by Gasteiger charge is 2.01. The van der Waals surface area contributed by atoms with Crippen LogP contribution in [0.4, 0.5) is 11.5 Å². The molecule has 2 rings (SSSR count). The molecule has 2 aromatic rings. The first-order valence-corrected chi connectivity index (χ1v) is 5.55. The largest absolute Gasteiger partial charge is 0.399 e. The van der Waals surface area contributed by atoms with Gasteiger partial charge in [-0.25, -0.2) is 0 Å². The van der Waals surface area contributed by atoms with Crippen LogP contribution < -0.4 is 11.1 Å². The summed E-state index contributed by atoms with van der Waals surface area (Å²) in [5, 5.41) is 11.3. The van der Waals surface area contributed by atoms with Crippen molar-refractivity contribution in [2.24, 2.45) is 0 Å². The highest BCUT2D eigenvalue weighted by atomic mass is 15.2. The number of nitrogens with zero attached hydrogens (tertiary/aromatic N) is 2. The van der Waals surface area contributed by atoms with E-state index in [-0.39, 0.29) is 0 Å². The molecule has 1 aromatic carbocycles. The summed E-state index contributed by atoms with van der Waals surface area (Å²) in [5.74, 6) is 0.775. The van der Waals surface area contributed by atoms with Crippen LogP contribution in [0, 0.1) is 13.8 Å². The maximum atomic E-state index is 5.85. The zero-order chi connectivity index (χ0) is 12.3. The number of hydrogen-bond donors (Lipinski definition) is 2. The quantitative estimate of drug-likeness (QED) is 0.791. The molecule has 0 unspecified atom stereocenters. The van der Waals surface area contributed by atoms with Gasteiger partial charge in [0, 0.05) is 12.2 Å². The fourth-order valence-electron chi connectivity index (χ4n) is 1.57. The van der Waals surface area contributed by atoms with Gasteiger partial charge in [0.1, 0.15) is 5.82 Å². The molecule has 88 valence electrons. The zero-order valence-corrected chi connectivity index (χ0v) is 10.1. The molecule has 17 heavy (non-hydrogen) atoms. The van der Waals surface area contributed by atoms with E-state index in [1.54, 1.807) is 0 Å². The molecule has 0 spiro atoms. The Hall–Kier alpha value is -2.10. The van der Waals surface area contributed by atoms with Gasteiger partial charge in [-0.1, -0.05) is 12.1 Å². The fourth-order valence-corrected chi connectivity index (χ4v) is 1.57. The summed E-state index contributed by atoms with van der Waals surface area (Å²) in [6.07, 6.45) is 0. The summed E-state index contributed by atoms with van der Waals surface area (Å²) in [5.41, 5.74) is 9.87. The summed E-state index contributed by atoms with van der Waals surface area (Å²) in [6.45, 7) is 4.64. The minimum Gasteiger partial charge on any atom is -0.399 e. The average Bonchev–Trinajstić information content (AvgIpc) is 2.33. The van der Waals surface area contributed by atoms with Crippen molar-refractivity contribution in [2.75, 3.05) is 11.1 Å².